The molecule has 0 radical (unpaired) electrons. The Balaban J connectivity index is 2.18. The number of hydrogen-bond donors (Lipinski definition) is 1. The van der Waals surface area contributed by atoms with E-state index < -0.39 is 0 Å². The Morgan fingerprint density at radius 3 is 2.87 bits per heavy atom. The molecule has 84 valence electrons. The van der Waals surface area contributed by atoms with Gasteiger partial charge in [0.05, 0.1) is 0 Å². The second kappa shape index (κ2) is 4.98. The van der Waals surface area contributed by atoms with Crippen LogP contribution in [0.4, 0.5) is 0 Å². The van der Waals surface area contributed by atoms with E-state index in [2.05, 4.69) is 31.3 Å². The minimum atomic E-state index is 0.646. The van der Waals surface area contributed by atoms with Gasteiger partial charge in [0, 0.05) is 6.04 Å². The summed E-state index contributed by atoms with van der Waals surface area (Å²) in [4.78, 5) is 0. The minimum Gasteiger partial charge on any atom is -0.310 e. The van der Waals surface area contributed by atoms with Crippen molar-refractivity contribution in [1.82, 2.24) is 5.32 Å². The van der Waals surface area contributed by atoms with Crippen molar-refractivity contribution in [2.24, 2.45) is 5.92 Å². The van der Waals surface area contributed by atoms with Crippen molar-refractivity contribution in [3.63, 3.8) is 0 Å². The van der Waals surface area contributed by atoms with Crippen LogP contribution in [0.1, 0.15) is 46.0 Å². The summed E-state index contributed by atoms with van der Waals surface area (Å²) in [6.45, 7) is 5.86. The number of allylic oxidation sites excluding steroid dienone is 2. The van der Waals surface area contributed by atoms with E-state index in [1.54, 1.807) is 11.1 Å². The molecule has 0 saturated carbocycles. The first kappa shape index (κ1) is 10.9. The minimum absolute atomic E-state index is 0.646. The first-order chi connectivity index (χ1) is 7.29. The van der Waals surface area contributed by atoms with Gasteiger partial charge in [-0.1, -0.05) is 38.0 Å². The third kappa shape index (κ3) is 2.52. The lowest BCUT2D eigenvalue weighted by molar-refractivity contribution is 0.437. The van der Waals surface area contributed by atoms with Gasteiger partial charge in [0.2, 0.25) is 0 Å². The van der Waals surface area contributed by atoms with Crippen LogP contribution in [0.2, 0.25) is 0 Å². The molecular weight excluding hydrogens is 182 g/mol. The molecule has 15 heavy (non-hydrogen) atoms. The third-order valence-electron chi connectivity index (χ3n) is 3.63. The van der Waals surface area contributed by atoms with Gasteiger partial charge >= 0.3 is 0 Å². The maximum Gasteiger partial charge on any atom is 0.0319 e. The summed E-state index contributed by atoms with van der Waals surface area (Å²) in [5, 5.41) is 3.66. The first-order valence-corrected chi connectivity index (χ1v) is 6.42. The zero-order chi connectivity index (χ0) is 10.7. The topological polar surface area (TPSA) is 12.0 Å². The molecule has 0 aromatic carbocycles. The van der Waals surface area contributed by atoms with Crippen LogP contribution in [-0.4, -0.2) is 12.6 Å². The summed E-state index contributed by atoms with van der Waals surface area (Å²) in [6.07, 6.45) is 11.3. The highest BCUT2D eigenvalue weighted by Crippen LogP contribution is 2.29. The molecule has 1 aliphatic heterocycles. The van der Waals surface area contributed by atoms with E-state index in [0.717, 1.165) is 0 Å². The molecule has 1 nitrogen and oxygen atoms in total. The predicted molar refractivity (Wildman–Crippen MR) is 65.9 cm³/mol. The van der Waals surface area contributed by atoms with Crippen molar-refractivity contribution < 1.29 is 0 Å². The van der Waals surface area contributed by atoms with E-state index in [4.69, 9.17) is 0 Å². The summed E-state index contributed by atoms with van der Waals surface area (Å²) >= 11 is 0. The van der Waals surface area contributed by atoms with E-state index in [1.807, 2.05) is 0 Å². The van der Waals surface area contributed by atoms with Crippen LogP contribution in [0.25, 0.3) is 0 Å². The Hall–Kier alpha value is -0.560. The molecule has 1 aliphatic carbocycles. The maximum absolute atomic E-state index is 3.66. The van der Waals surface area contributed by atoms with Crippen molar-refractivity contribution in [3.05, 3.63) is 23.3 Å². The van der Waals surface area contributed by atoms with Gasteiger partial charge in [-0.2, -0.15) is 0 Å². The summed E-state index contributed by atoms with van der Waals surface area (Å²) in [5.74, 6) is 0.716. The molecule has 0 aromatic heterocycles. The SMILES string of the molecule is CC(C)C1=C(C2CCCCN2)C=CCC1. The average molecular weight is 205 g/mol. The normalized spacial score (nSPS) is 27.5. The zero-order valence-electron chi connectivity index (χ0n) is 10.1. The second-order valence-corrected chi connectivity index (χ2v) is 5.08. The number of piperidine rings is 1. The van der Waals surface area contributed by atoms with Crippen LogP contribution < -0.4 is 5.32 Å². The highest BCUT2D eigenvalue weighted by atomic mass is 14.9. The quantitative estimate of drug-likeness (QED) is 0.728. The van der Waals surface area contributed by atoms with Gasteiger partial charge in [-0.25, -0.2) is 0 Å². The molecule has 0 bridgehead atoms. The highest BCUT2D eigenvalue weighted by molar-refractivity contribution is 5.35. The van der Waals surface area contributed by atoms with Gasteiger partial charge in [-0.05, 0) is 43.7 Å². The number of nitrogens with one attached hydrogen (secondary N) is 1. The zero-order valence-corrected chi connectivity index (χ0v) is 10.1. The Bertz CT molecular complexity index is 267. The lowest BCUT2D eigenvalue weighted by Crippen LogP contribution is -2.36. The third-order valence-corrected chi connectivity index (χ3v) is 3.63. The largest absolute Gasteiger partial charge is 0.310 e. The molecule has 0 aromatic rings. The summed E-state index contributed by atoms with van der Waals surface area (Å²) in [5.41, 5.74) is 3.30. The fourth-order valence-electron chi connectivity index (χ4n) is 2.78. The summed E-state index contributed by atoms with van der Waals surface area (Å²) in [6, 6.07) is 0.646. The second-order valence-electron chi connectivity index (χ2n) is 5.08. The number of rotatable bonds is 2. The summed E-state index contributed by atoms with van der Waals surface area (Å²) < 4.78 is 0. The number of hydrogen-bond acceptors (Lipinski definition) is 1. The molecule has 2 rings (SSSR count). The Morgan fingerprint density at radius 1 is 1.33 bits per heavy atom. The van der Waals surface area contributed by atoms with Crippen molar-refractivity contribution in [2.75, 3.05) is 6.54 Å². The Kier molecular flexibility index (Phi) is 3.63. The lowest BCUT2D eigenvalue weighted by atomic mass is 9.84. The van der Waals surface area contributed by atoms with E-state index in [9.17, 15) is 0 Å². The van der Waals surface area contributed by atoms with E-state index >= 15 is 0 Å². The van der Waals surface area contributed by atoms with Crippen LogP contribution >= 0.6 is 0 Å². The smallest absolute Gasteiger partial charge is 0.0319 e. The molecule has 1 N–H and O–H groups in total. The van der Waals surface area contributed by atoms with Gasteiger partial charge in [0.25, 0.3) is 0 Å². The van der Waals surface area contributed by atoms with Crippen molar-refractivity contribution in [1.29, 1.82) is 0 Å². The molecule has 1 saturated heterocycles. The van der Waals surface area contributed by atoms with Gasteiger partial charge in [0.15, 0.2) is 0 Å². The lowest BCUT2D eigenvalue weighted by Gasteiger charge is -2.30. The first-order valence-electron chi connectivity index (χ1n) is 6.42. The molecule has 0 spiro atoms. The Morgan fingerprint density at radius 2 is 2.20 bits per heavy atom. The molecule has 0 amide bonds. The fourth-order valence-corrected chi connectivity index (χ4v) is 2.78. The van der Waals surface area contributed by atoms with E-state index in [0.29, 0.717) is 12.0 Å². The molecule has 2 aliphatic rings. The maximum atomic E-state index is 3.66. The van der Waals surface area contributed by atoms with Gasteiger partial charge < -0.3 is 5.32 Å². The van der Waals surface area contributed by atoms with Crippen LogP contribution in [0.3, 0.4) is 0 Å². The standard InChI is InChI=1S/C14H23N/c1-11(2)12-7-3-4-8-13(12)14-9-5-6-10-15-14/h4,8,11,14-15H,3,5-7,9-10H2,1-2H3. The monoisotopic (exact) mass is 205 g/mol. The fraction of sp³-hybridized carbons (Fsp3) is 0.714. The van der Waals surface area contributed by atoms with Crippen LogP contribution in [0, 0.1) is 5.92 Å². The van der Waals surface area contributed by atoms with Crippen molar-refractivity contribution >= 4 is 0 Å². The van der Waals surface area contributed by atoms with Gasteiger partial charge in [0.1, 0.15) is 0 Å². The molecule has 1 heteroatoms. The molecule has 1 heterocycles. The molecule has 1 atom stereocenters. The van der Waals surface area contributed by atoms with Crippen molar-refractivity contribution in [3.8, 4) is 0 Å². The molecule has 1 fully saturated rings. The van der Waals surface area contributed by atoms with Gasteiger partial charge in [-0.3, -0.25) is 0 Å². The van der Waals surface area contributed by atoms with Crippen LogP contribution in [-0.2, 0) is 0 Å². The molecule has 1 unspecified atom stereocenters. The van der Waals surface area contributed by atoms with Crippen molar-refractivity contribution in [2.45, 2.75) is 52.0 Å². The Labute approximate surface area is 93.6 Å². The molecular formula is C14H23N. The van der Waals surface area contributed by atoms with Crippen LogP contribution in [0.15, 0.2) is 23.3 Å². The summed E-state index contributed by atoms with van der Waals surface area (Å²) in [7, 11) is 0. The predicted octanol–water partition coefficient (Wildman–Crippen LogP) is 3.43. The van der Waals surface area contributed by atoms with E-state index in [-0.39, 0.29) is 0 Å². The van der Waals surface area contributed by atoms with Crippen LogP contribution in [0.5, 0.6) is 0 Å². The van der Waals surface area contributed by atoms with Gasteiger partial charge in [-0.15, -0.1) is 0 Å². The van der Waals surface area contributed by atoms with E-state index in [1.165, 1.54) is 38.6 Å². The average Bonchev–Trinajstić information content (AvgIpc) is 2.30. The highest BCUT2D eigenvalue weighted by Gasteiger charge is 2.21.